The molecule has 5 fully saturated rings. The fourth-order valence-corrected chi connectivity index (χ4v) is 24.1. The Kier molecular flexibility index (Phi) is 32.1. The third kappa shape index (κ3) is 23.5. The van der Waals surface area contributed by atoms with Gasteiger partial charge in [0.2, 0.25) is 0 Å². The monoisotopic (exact) mass is 2180 g/mol. The quantitative estimate of drug-likeness (QED) is 0.0206. The van der Waals surface area contributed by atoms with Crippen LogP contribution in [0.15, 0.2) is 154 Å². The number of methoxy groups -OCH3 is 1. The first kappa shape index (κ1) is 108. The zero-order chi connectivity index (χ0) is 107. The number of carbonyl (C=O) groups excluding carboxylic acids is 1. The Morgan fingerprint density at radius 1 is 0.336 bits per heavy atom. The maximum absolute atomic E-state index is 12.0. The molecule has 5 aliphatic rings. The molecule has 149 heavy (non-hydrogen) atoms. The van der Waals surface area contributed by atoms with Gasteiger partial charge in [-0.1, -0.05) is 58.0 Å². The van der Waals surface area contributed by atoms with Gasteiger partial charge in [0.15, 0.2) is 28.4 Å². The van der Waals surface area contributed by atoms with Gasteiger partial charge in [-0.05, 0) is 218 Å². The van der Waals surface area contributed by atoms with Gasteiger partial charge in [-0.2, -0.15) is 19.3 Å². The first-order valence-electron chi connectivity index (χ1n) is 47.2. The number of aromatic nitrogens is 10. The number of nitrogen functional groups attached to an aromatic ring is 5. The third-order valence-corrected chi connectivity index (χ3v) is 31.9. The maximum atomic E-state index is 12.0. The molecule has 14 heterocycles. The standard InChI is InChI=1S/C22H21ClN4O2.4C21H23ClN6OS/c1-12-6-20-15(8-19(12)25-2)17(16-9-26-10-18(24)21(16)23)11-27(20)14-5-4-13(7-14)22(28)29-3;4*1-13-7-20-15(8-19(13)24-2)17(16-9-25-10-18(23)21(16)22)12-28(20)14-5-6-27(11-14)26-30(3,4)29/h6,8-11,13-14H,4-5,7,24H2,1,3H3;4*7-10,12,14H,3,5-6,11,23H2,1,4H3,(H,26,29)/t;4*14-,30?/m.1100/s1. The fourth-order valence-electron chi connectivity index (χ4n) is 20.3. The van der Waals surface area contributed by atoms with Crippen LogP contribution in [0.2, 0.25) is 25.1 Å². The van der Waals surface area contributed by atoms with Crippen molar-refractivity contribution in [2.24, 2.45) is 5.92 Å². The van der Waals surface area contributed by atoms with Gasteiger partial charge in [0, 0.05) is 292 Å². The first-order valence-corrected chi connectivity index (χ1v) is 57.6. The molecule has 14 N–H and O–H groups in total. The Labute approximate surface area is 892 Å². The summed E-state index contributed by atoms with van der Waals surface area (Å²) in [6.07, 6.45) is 38.7. The van der Waals surface area contributed by atoms with Crippen molar-refractivity contribution >= 4 is 238 Å². The molecule has 6 unspecified atom stereocenters. The highest BCUT2D eigenvalue weighted by atomic mass is 35.5. The molecule has 1 aliphatic carbocycles. The van der Waals surface area contributed by atoms with Crippen LogP contribution in [0, 0.1) is 73.4 Å². The largest absolute Gasteiger partial charge is 0.469 e. The van der Waals surface area contributed by atoms with E-state index in [1.165, 1.54) is 38.1 Å². The minimum atomic E-state index is -2.33. The SMILES string of the molecule is [C-]#[N+]c1cc2c(-c3cncc(N)c3Cl)cn(C3CCC(C(=O)OC)C3)c2cc1C.[C-]#[N+]c1cc2c(-c3cncc(N)c3Cl)cn([C@@H]3CCN(NS(=C)(C)=O)C3)c2cc1C.[C-]#[N+]c1cc2c(-c3cncc(N)c3Cl)cn([C@@H]3CCN(NS(=C)(C)=O)C3)c2cc1C.[C-]#[N+]c1cc2c(-c3cncc(N)c3Cl)cn([C@H]3CCN(NS(=C)(C)=O)C3)c2cc1C.[C-]#[N+]c1cc2c(-c3cncc(N)c3Cl)cn([C@H]3CCN(NS(=C)(C)=O)C3)c2cc1C. The number of aryl methyl sites for hydroxylation is 5. The number of rotatable bonds is 19. The van der Waals surface area contributed by atoms with E-state index < -0.39 is 38.8 Å². The molecule has 10 atom stereocenters. The van der Waals surface area contributed by atoms with E-state index in [0.717, 1.165) is 209 Å². The van der Waals surface area contributed by atoms with Gasteiger partial charge in [0.05, 0.1) is 130 Å². The van der Waals surface area contributed by atoms with Crippen LogP contribution in [-0.4, -0.2) is 199 Å². The predicted octanol–water partition coefficient (Wildman–Crippen LogP) is 20.6. The van der Waals surface area contributed by atoms with Gasteiger partial charge in [0.1, 0.15) is 0 Å². The van der Waals surface area contributed by atoms with Crippen LogP contribution in [0.25, 0.3) is 134 Å². The Morgan fingerprint density at radius 2 is 0.537 bits per heavy atom. The van der Waals surface area contributed by atoms with Crippen LogP contribution in [-0.2, 0) is 48.4 Å². The van der Waals surface area contributed by atoms with Crippen molar-refractivity contribution in [3.63, 3.8) is 0 Å². The molecule has 15 aromatic rings. The van der Waals surface area contributed by atoms with E-state index in [0.29, 0.717) is 108 Å². The van der Waals surface area contributed by atoms with E-state index in [9.17, 15) is 21.6 Å². The second kappa shape index (κ2) is 44.1. The summed E-state index contributed by atoms with van der Waals surface area (Å²) in [6, 6.07) is 20.6. The molecule has 0 spiro atoms. The molecule has 4 saturated heterocycles. The van der Waals surface area contributed by atoms with Gasteiger partial charge in [-0.3, -0.25) is 46.6 Å². The van der Waals surface area contributed by atoms with Crippen molar-refractivity contribution in [1.29, 1.82) is 0 Å². The van der Waals surface area contributed by atoms with Crippen LogP contribution in [0.5, 0.6) is 0 Å². The first-order chi connectivity index (χ1) is 70.6. The van der Waals surface area contributed by atoms with Gasteiger partial charge in [-0.15, -0.1) is 0 Å². The molecule has 0 radical (unpaired) electrons. The number of benzene rings is 5. The molecule has 34 nitrogen and oxygen atoms in total. The van der Waals surface area contributed by atoms with Gasteiger partial charge >= 0.3 is 5.97 Å². The second-order valence-corrected chi connectivity index (χ2v) is 49.3. The Hall–Kier alpha value is -13.3. The van der Waals surface area contributed by atoms with Gasteiger partial charge in [0.25, 0.3) is 0 Å². The van der Waals surface area contributed by atoms with Crippen molar-refractivity contribution in [2.75, 3.05) is 113 Å². The van der Waals surface area contributed by atoms with Crippen LogP contribution in [0.1, 0.15) is 103 Å². The zero-order valence-corrected chi connectivity index (χ0v) is 90.7. The number of halogens is 5. The smallest absolute Gasteiger partial charge is 0.308 e. The number of nitrogens with zero attached hydrogens (tertiary/aromatic N) is 19. The highest BCUT2D eigenvalue weighted by Crippen LogP contribution is 2.50. The van der Waals surface area contributed by atoms with E-state index in [1.807, 2.05) is 122 Å². The van der Waals surface area contributed by atoms with Crippen LogP contribution >= 0.6 is 58.0 Å². The molecular formula is C106H113Cl5N28O6S4. The molecule has 5 aromatic carbocycles. The Balaban J connectivity index is 0.000000133. The lowest BCUT2D eigenvalue weighted by Crippen LogP contribution is -2.39. The van der Waals surface area contributed by atoms with E-state index in [2.05, 4.69) is 140 Å². The number of esters is 1. The minimum absolute atomic E-state index is 0.0906. The normalized spacial score (nSPS) is 19.0. The molecule has 20 rings (SSSR count). The number of nitrogens with two attached hydrogens (primary N) is 5. The van der Waals surface area contributed by atoms with Crippen LogP contribution in [0.4, 0.5) is 56.9 Å². The summed E-state index contributed by atoms with van der Waals surface area (Å²) in [7, 11) is -7.87. The number of fused-ring (bicyclic) bond motifs is 5. The molecule has 0 bridgehead atoms. The summed E-state index contributed by atoms with van der Waals surface area (Å²) >= 11 is 32.5. The number of anilines is 5. The molecule has 10 aromatic heterocycles. The summed E-state index contributed by atoms with van der Waals surface area (Å²) in [4.78, 5) is 63.4. The summed E-state index contributed by atoms with van der Waals surface area (Å²) in [5, 5.41) is 14.8. The lowest BCUT2D eigenvalue weighted by Gasteiger charge is -2.19. The molecule has 43 heteroatoms. The highest BCUT2D eigenvalue weighted by Gasteiger charge is 2.37. The number of carbonyl (C=O) groups is 1. The lowest BCUT2D eigenvalue weighted by atomic mass is 10.0. The average molecular weight is 2180 g/mol. The zero-order valence-electron chi connectivity index (χ0n) is 83.7. The number of pyridine rings is 5. The van der Waals surface area contributed by atoms with Crippen molar-refractivity contribution < 1.29 is 26.4 Å². The van der Waals surface area contributed by atoms with E-state index in [-0.39, 0.29) is 42.1 Å². The Morgan fingerprint density at radius 3 is 0.725 bits per heavy atom. The van der Waals surface area contributed by atoms with Crippen molar-refractivity contribution in [3.8, 4) is 55.6 Å². The highest BCUT2D eigenvalue weighted by molar-refractivity contribution is 7.98. The summed E-state index contributed by atoms with van der Waals surface area (Å²) in [5.74, 6) is 14.5. The fraction of sp³-hybridized carbons (Fsp3) is 0.292. The lowest BCUT2D eigenvalue weighted by molar-refractivity contribution is -0.145. The Bertz CT molecular complexity index is 7820. The van der Waals surface area contributed by atoms with Crippen LogP contribution < -0.4 is 48.0 Å². The van der Waals surface area contributed by atoms with E-state index >= 15 is 0 Å². The van der Waals surface area contributed by atoms with E-state index in [4.69, 9.17) is 124 Å². The predicted molar refractivity (Wildman–Crippen MR) is 615 cm³/mol. The number of hydrogen-bond acceptors (Lipinski definition) is 20. The van der Waals surface area contributed by atoms with Gasteiger partial charge < -0.3 is 56.2 Å². The number of hydrogen-bond donors (Lipinski definition) is 9. The molecule has 772 valence electrons. The molecule has 1 saturated carbocycles. The van der Waals surface area contributed by atoms with Crippen molar-refractivity contribution in [1.82, 2.24) is 87.1 Å². The number of ether oxygens (including phenoxy) is 1. The maximum Gasteiger partial charge on any atom is 0.308 e. The summed E-state index contributed by atoms with van der Waals surface area (Å²) < 4.78 is 64.2. The van der Waals surface area contributed by atoms with Crippen molar-refractivity contribution in [2.45, 2.75) is 110 Å². The van der Waals surface area contributed by atoms with Crippen LogP contribution in [0.3, 0.4) is 0 Å². The average Bonchev–Trinajstić information content (AvgIpc) is 1.62. The summed E-state index contributed by atoms with van der Waals surface area (Å²) in [6.45, 7) is 53.0. The van der Waals surface area contributed by atoms with E-state index in [1.54, 1.807) is 56.0 Å². The second-order valence-electron chi connectivity index (χ2n) is 38.7. The van der Waals surface area contributed by atoms with Gasteiger partial charge in [-0.25, -0.2) is 44.3 Å². The minimum Gasteiger partial charge on any atom is -0.469 e. The van der Waals surface area contributed by atoms with Crippen molar-refractivity contribution in [3.05, 3.63) is 264 Å². The molecule has 4 aliphatic heterocycles. The number of hydrazine groups is 4. The summed E-state index contributed by atoms with van der Waals surface area (Å²) in [5.41, 5.74) is 52.8. The molecular weight excluding hydrogens is 2070 g/mol. The topological polar surface area (TPSA) is 397 Å². The third-order valence-electron chi connectivity index (χ3n) is 27.2. The number of nitrogens with one attached hydrogen (secondary N) is 4. The molecule has 0 amide bonds.